The lowest BCUT2D eigenvalue weighted by molar-refractivity contribution is -0.380. The molecule has 0 bridgehead atoms. The lowest BCUT2D eigenvalue weighted by atomic mass is 10.2. The first-order valence-electron chi connectivity index (χ1n) is 7.51. The van der Waals surface area contributed by atoms with Gasteiger partial charge in [-0.05, 0) is 16.9 Å². The number of thiazole rings is 2. The Morgan fingerprint density at radius 3 is 2.67 bits per heavy atom. The van der Waals surface area contributed by atoms with Gasteiger partial charge in [-0.15, -0.1) is 11.3 Å². The van der Waals surface area contributed by atoms with Crippen molar-refractivity contribution in [3.63, 3.8) is 0 Å². The molecule has 4 aromatic rings. The predicted molar refractivity (Wildman–Crippen MR) is 101 cm³/mol. The highest BCUT2D eigenvalue weighted by Crippen LogP contribution is 2.26. The Balaban J connectivity index is 1.74. The quantitative estimate of drug-likeness (QED) is 0.416. The van der Waals surface area contributed by atoms with Crippen LogP contribution in [-0.4, -0.2) is 25.2 Å². The van der Waals surface area contributed by atoms with Crippen LogP contribution < -0.4 is 10.9 Å². The first kappa shape index (κ1) is 17.0. The molecule has 0 fully saturated rings. The molecule has 0 saturated carbocycles. The Bertz CT molecular complexity index is 1230. The third-order valence-corrected chi connectivity index (χ3v) is 5.36. The van der Waals surface area contributed by atoms with Gasteiger partial charge in [0.1, 0.15) is 11.8 Å². The van der Waals surface area contributed by atoms with E-state index in [9.17, 15) is 19.7 Å². The SMILES string of the molecule is O=C(Nc1ncc([N+](=O)[O-])s1)c1cnc2scc(-c3ccccc3)n2c1=O. The first-order chi connectivity index (χ1) is 13.0. The summed E-state index contributed by atoms with van der Waals surface area (Å²) in [6, 6.07) is 9.28. The monoisotopic (exact) mass is 399 g/mol. The van der Waals surface area contributed by atoms with Crippen molar-refractivity contribution in [3.8, 4) is 11.3 Å². The summed E-state index contributed by atoms with van der Waals surface area (Å²) in [7, 11) is 0. The van der Waals surface area contributed by atoms with E-state index in [1.807, 2.05) is 30.3 Å². The van der Waals surface area contributed by atoms with Crippen LogP contribution in [0.15, 0.2) is 52.9 Å². The zero-order chi connectivity index (χ0) is 19.0. The third-order valence-electron chi connectivity index (χ3n) is 3.65. The van der Waals surface area contributed by atoms with Crippen molar-refractivity contribution < 1.29 is 9.72 Å². The van der Waals surface area contributed by atoms with Crippen LogP contribution in [0.2, 0.25) is 0 Å². The molecule has 0 aliphatic carbocycles. The van der Waals surface area contributed by atoms with Crippen LogP contribution in [0.4, 0.5) is 10.1 Å². The van der Waals surface area contributed by atoms with E-state index >= 15 is 0 Å². The fourth-order valence-corrected chi connectivity index (χ4v) is 3.92. The molecule has 0 atom stereocenters. The lowest BCUT2D eigenvalue weighted by Gasteiger charge is -2.04. The maximum atomic E-state index is 12.9. The van der Waals surface area contributed by atoms with Gasteiger partial charge in [0.15, 0.2) is 10.1 Å². The number of hydrogen-bond acceptors (Lipinski definition) is 8. The Kier molecular flexibility index (Phi) is 4.22. The smallest absolute Gasteiger partial charge is 0.297 e. The molecule has 27 heavy (non-hydrogen) atoms. The van der Waals surface area contributed by atoms with E-state index in [-0.39, 0.29) is 15.7 Å². The van der Waals surface area contributed by atoms with E-state index in [0.29, 0.717) is 22.0 Å². The fraction of sp³-hybridized carbons (Fsp3) is 0. The van der Waals surface area contributed by atoms with Crippen LogP contribution in [0.25, 0.3) is 16.2 Å². The zero-order valence-electron chi connectivity index (χ0n) is 13.4. The molecule has 0 radical (unpaired) electrons. The van der Waals surface area contributed by atoms with Crippen molar-refractivity contribution in [3.05, 3.63) is 74.1 Å². The largest absolute Gasteiger partial charge is 0.345 e. The standard InChI is InChI=1S/C16H9N5O4S2/c22-13(19-15-17-7-12(27-15)21(24)25)10-6-18-16-20(14(10)23)11(8-26-16)9-4-2-1-3-5-9/h1-8H,(H,17,19,22). The molecule has 0 saturated heterocycles. The third kappa shape index (κ3) is 3.09. The number of carbonyl (C=O) groups excluding carboxylic acids is 1. The summed E-state index contributed by atoms with van der Waals surface area (Å²) in [5, 5.41) is 14.7. The topological polar surface area (TPSA) is 120 Å². The molecule has 0 aliphatic rings. The highest BCUT2D eigenvalue weighted by molar-refractivity contribution is 7.18. The molecule has 1 amide bonds. The van der Waals surface area contributed by atoms with Gasteiger partial charge in [0, 0.05) is 11.6 Å². The number of nitro groups is 1. The Morgan fingerprint density at radius 1 is 1.19 bits per heavy atom. The molecular formula is C16H9N5O4S2. The number of aromatic nitrogens is 3. The van der Waals surface area contributed by atoms with E-state index in [1.165, 1.54) is 21.9 Å². The molecular weight excluding hydrogens is 390 g/mol. The van der Waals surface area contributed by atoms with E-state index in [2.05, 4.69) is 15.3 Å². The number of fused-ring (bicyclic) bond motifs is 1. The minimum Gasteiger partial charge on any atom is -0.297 e. The van der Waals surface area contributed by atoms with Crippen LogP contribution >= 0.6 is 22.7 Å². The minimum absolute atomic E-state index is 0.0322. The molecule has 1 aromatic carbocycles. The summed E-state index contributed by atoms with van der Waals surface area (Å²) in [6.07, 6.45) is 2.24. The van der Waals surface area contributed by atoms with Gasteiger partial charge >= 0.3 is 5.00 Å². The number of nitrogens with zero attached hydrogens (tertiary/aromatic N) is 4. The second-order valence-corrected chi connectivity index (χ2v) is 7.14. The van der Waals surface area contributed by atoms with Crippen LogP contribution in [0, 0.1) is 10.1 Å². The number of hydrogen-bond donors (Lipinski definition) is 1. The second-order valence-electron chi connectivity index (χ2n) is 5.30. The summed E-state index contributed by atoms with van der Waals surface area (Å²) in [4.78, 5) is 43.9. The average molecular weight is 399 g/mol. The van der Waals surface area contributed by atoms with Gasteiger partial charge in [-0.2, -0.15) is 0 Å². The van der Waals surface area contributed by atoms with Crippen molar-refractivity contribution in [2.75, 3.05) is 5.32 Å². The average Bonchev–Trinajstić information content (AvgIpc) is 3.30. The lowest BCUT2D eigenvalue weighted by Crippen LogP contribution is -2.26. The molecule has 134 valence electrons. The molecule has 1 N–H and O–H groups in total. The zero-order valence-corrected chi connectivity index (χ0v) is 15.0. The summed E-state index contributed by atoms with van der Waals surface area (Å²) in [6.45, 7) is 0. The summed E-state index contributed by atoms with van der Waals surface area (Å²) < 4.78 is 1.37. The molecule has 0 unspecified atom stereocenters. The number of carbonyl (C=O) groups is 1. The maximum absolute atomic E-state index is 12.9. The van der Waals surface area contributed by atoms with Gasteiger partial charge in [0.25, 0.3) is 11.5 Å². The van der Waals surface area contributed by atoms with Crippen molar-refractivity contribution >= 4 is 43.7 Å². The minimum atomic E-state index is -0.726. The first-order valence-corrected chi connectivity index (χ1v) is 9.20. The molecule has 3 aromatic heterocycles. The predicted octanol–water partition coefficient (Wildman–Crippen LogP) is 3.04. The van der Waals surface area contributed by atoms with E-state index in [1.54, 1.807) is 5.38 Å². The molecule has 9 nitrogen and oxygen atoms in total. The summed E-state index contributed by atoms with van der Waals surface area (Å²) in [5.41, 5.74) is 0.748. The van der Waals surface area contributed by atoms with Gasteiger partial charge in [-0.1, -0.05) is 30.3 Å². The van der Waals surface area contributed by atoms with Crippen LogP contribution in [-0.2, 0) is 0 Å². The second kappa shape index (κ2) is 6.70. The van der Waals surface area contributed by atoms with Gasteiger partial charge < -0.3 is 0 Å². The highest BCUT2D eigenvalue weighted by atomic mass is 32.1. The molecule has 11 heteroatoms. The molecule has 3 heterocycles. The molecule has 4 rings (SSSR count). The van der Waals surface area contributed by atoms with Crippen molar-refractivity contribution in [2.24, 2.45) is 0 Å². The normalized spacial score (nSPS) is 10.8. The number of rotatable bonds is 4. The van der Waals surface area contributed by atoms with Gasteiger partial charge in [0.2, 0.25) is 0 Å². The number of amides is 1. The van der Waals surface area contributed by atoms with Gasteiger partial charge in [0.05, 0.1) is 10.6 Å². The fourth-order valence-electron chi connectivity index (χ4n) is 2.43. The van der Waals surface area contributed by atoms with Crippen molar-refractivity contribution in [1.29, 1.82) is 0 Å². The van der Waals surface area contributed by atoms with Crippen LogP contribution in [0.3, 0.4) is 0 Å². The summed E-state index contributed by atoms with van der Waals surface area (Å²) >= 11 is 1.99. The van der Waals surface area contributed by atoms with Gasteiger partial charge in [-0.3, -0.25) is 29.4 Å². The molecule has 0 aliphatic heterocycles. The Labute approximate surface area is 158 Å². The van der Waals surface area contributed by atoms with Crippen LogP contribution in [0.1, 0.15) is 10.4 Å². The molecule has 0 spiro atoms. The number of anilines is 1. The van der Waals surface area contributed by atoms with E-state index in [4.69, 9.17) is 0 Å². The van der Waals surface area contributed by atoms with Gasteiger partial charge in [-0.25, -0.2) is 9.97 Å². The maximum Gasteiger partial charge on any atom is 0.345 e. The number of benzene rings is 1. The highest BCUT2D eigenvalue weighted by Gasteiger charge is 2.19. The van der Waals surface area contributed by atoms with Crippen molar-refractivity contribution in [1.82, 2.24) is 14.4 Å². The van der Waals surface area contributed by atoms with Crippen molar-refractivity contribution in [2.45, 2.75) is 0 Å². The Morgan fingerprint density at radius 2 is 1.96 bits per heavy atom. The van der Waals surface area contributed by atoms with E-state index < -0.39 is 16.4 Å². The Hall–Kier alpha value is -3.44. The van der Waals surface area contributed by atoms with Crippen LogP contribution in [0.5, 0.6) is 0 Å². The summed E-state index contributed by atoms with van der Waals surface area (Å²) in [5.74, 6) is -0.726. The van der Waals surface area contributed by atoms with E-state index in [0.717, 1.165) is 11.8 Å². The number of nitrogens with one attached hydrogen (secondary N) is 1.